The molecule has 0 aromatic heterocycles. The molecule has 0 aromatic rings. The Hall–Kier alpha value is -1.70. The second-order valence-electron chi connectivity index (χ2n) is 4.06. The van der Waals surface area contributed by atoms with Crippen molar-refractivity contribution in [3.63, 3.8) is 0 Å². The van der Waals surface area contributed by atoms with Crippen molar-refractivity contribution in [2.75, 3.05) is 39.6 Å². The highest BCUT2D eigenvalue weighted by molar-refractivity contribution is 5.81. The molecule has 0 saturated carbocycles. The van der Waals surface area contributed by atoms with E-state index in [2.05, 4.69) is 13.2 Å². The van der Waals surface area contributed by atoms with Gasteiger partial charge in [0.05, 0.1) is 31.8 Å². The van der Waals surface area contributed by atoms with E-state index < -0.39 is 24.0 Å². The van der Waals surface area contributed by atoms with Gasteiger partial charge < -0.3 is 24.4 Å². The fourth-order valence-corrected chi connectivity index (χ4v) is 1.18. The molecular weight excluding hydrogens is 268 g/mol. The Kier molecular flexibility index (Phi) is 9.27. The Morgan fingerprint density at radius 1 is 1.00 bits per heavy atom. The molecule has 0 atom stereocenters. The number of ether oxygens (including phenoxy) is 3. The smallest absolute Gasteiger partial charge is 0.330 e. The zero-order valence-corrected chi connectivity index (χ0v) is 11.2. The van der Waals surface area contributed by atoms with Gasteiger partial charge in [-0.25, -0.2) is 9.59 Å². The summed E-state index contributed by atoms with van der Waals surface area (Å²) in [5.74, 6) is -1.33. The number of hydrogen-bond donors (Lipinski definition) is 2. The van der Waals surface area contributed by atoms with Gasteiger partial charge in [-0.15, -0.1) is 0 Å². The van der Waals surface area contributed by atoms with Gasteiger partial charge in [-0.2, -0.15) is 0 Å². The Balaban J connectivity index is 4.66. The van der Waals surface area contributed by atoms with Crippen LogP contribution in [0.25, 0.3) is 0 Å². The van der Waals surface area contributed by atoms with Crippen molar-refractivity contribution in [2.45, 2.75) is 0 Å². The third-order valence-corrected chi connectivity index (χ3v) is 2.35. The Bertz CT molecular complexity index is 314. The highest BCUT2D eigenvalue weighted by Gasteiger charge is 2.33. The molecule has 0 spiro atoms. The van der Waals surface area contributed by atoms with Crippen molar-refractivity contribution in [2.24, 2.45) is 5.41 Å². The standard InChI is InChI=1S/C13H20O7/c1-3-11(16)19-9-13(7-15,8-18-6-5-14)10-20-12(17)4-2/h3-4,14-15H,1-2,5-10H2. The lowest BCUT2D eigenvalue weighted by Gasteiger charge is -2.30. The Morgan fingerprint density at radius 3 is 1.85 bits per heavy atom. The average Bonchev–Trinajstić information content (AvgIpc) is 2.49. The summed E-state index contributed by atoms with van der Waals surface area (Å²) in [6.45, 7) is 5.42. The van der Waals surface area contributed by atoms with E-state index >= 15 is 0 Å². The minimum Gasteiger partial charge on any atom is -0.462 e. The van der Waals surface area contributed by atoms with Crippen LogP contribution in [0.3, 0.4) is 0 Å². The van der Waals surface area contributed by atoms with Crippen molar-refractivity contribution in [1.82, 2.24) is 0 Å². The van der Waals surface area contributed by atoms with Gasteiger partial charge in [0.1, 0.15) is 13.2 Å². The van der Waals surface area contributed by atoms with Gasteiger partial charge in [-0.3, -0.25) is 0 Å². The summed E-state index contributed by atoms with van der Waals surface area (Å²) in [5.41, 5.74) is -1.10. The van der Waals surface area contributed by atoms with Crippen molar-refractivity contribution in [3.8, 4) is 0 Å². The van der Waals surface area contributed by atoms with Crippen LogP contribution in [0, 0.1) is 5.41 Å². The first-order valence-corrected chi connectivity index (χ1v) is 5.91. The third kappa shape index (κ3) is 7.03. The molecule has 0 unspecified atom stereocenters. The van der Waals surface area contributed by atoms with Crippen molar-refractivity contribution in [3.05, 3.63) is 25.3 Å². The summed E-state index contributed by atoms with van der Waals surface area (Å²) in [4.78, 5) is 22.1. The molecule has 0 rings (SSSR count). The largest absolute Gasteiger partial charge is 0.462 e. The van der Waals surface area contributed by atoms with Crippen molar-refractivity contribution in [1.29, 1.82) is 0 Å². The van der Waals surface area contributed by atoms with Crippen LogP contribution < -0.4 is 0 Å². The molecule has 114 valence electrons. The first-order chi connectivity index (χ1) is 9.53. The summed E-state index contributed by atoms with van der Waals surface area (Å²) < 4.78 is 14.9. The van der Waals surface area contributed by atoms with E-state index in [-0.39, 0.29) is 33.0 Å². The topological polar surface area (TPSA) is 102 Å². The van der Waals surface area contributed by atoms with Gasteiger partial charge in [-0.05, 0) is 0 Å². The molecule has 0 aromatic carbocycles. The summed E-state index contributed by atoms with van der Waals surface area (Å²) in [6, 6.07) is 0. The van der Waals surface area contributed by atoms with Crippen LogP contribution in [0.4, 0.5) is 0 Å². The molecule has 0 amide bonds. The molecule has 2 N–H and O–H groups in total. The number of carbonyl (C=O) groups excluding carboxylic acids is 2. The van der Waals surface area contributed by atoms with Crippen LogP contribution in [0.5, 0.6) is 0 Å². The number of hydrogen-bond acceptors (Lipinski definition) is 7. The van der Waals surface area contributed by atoms with E-state index in [1.165, 1.54) is 0 Å². The molecule has 0 radical (unpaired) electrons. The van der Waals surface area contributed by atoms with Gasteiger partial charge in [0.15, 0.2) is 0 Å². The molecule has 0 aliphatic rings. The third-order valence-electron chi connectivity index (χ3n) is 2.35. The van der Waals surface area contributed by atoms with Gasteiger partial charge in [0.25, 0.3) is 0 Å². The van der Waals surface area contributed by atoms with Crippen LogP contribution in [0.1, 0.15) is 0 Å². The molecule has 0 aliphatic carbocycles. The van der Waals surface area contributed by atoms with Crippen LogP contribution in [-0.2, 0) is 23.8 Å². The lowest BCUT2D eigenvalue weighted by molar-refractivity contribution is -0.155. The Morgan fingerprint density at radius 2 is 1.50 bits per heavy atom. The second kappa shape index (κ2) is 10.1. The first-order valence-electron chi connectivity index (χ1n) is 5.91. The maximum Gasteiger partial charge on any atom is 0.330 e. The number of carbonyl (C=O) groups is 2. The van der Waals surface area contributed by atoms with Gasteiger partial charge in [0.2, 0.25) is 0 Å². The Labute approximate surface area is 117 Å². The van der Waals surface area contributed by atoms with Gasteiger partial charge in [-0.1, -0.05) is 13.2 Å². The summed E-state index contributed by atoms with van der Waals surface area (Å²) in [7, 11) is 0. The maximum absolute atomic E-state index is 11.1. The van der Waals surface area contributed by atoms with Crippen LogP contribution in [0.15, 0.2) is 25.3 Å². The van der Waals surface area contributed by atoms with Crippen LogP contribution in [0.2, 0.25) is 0 Å². The molecule has 0 aliphatic heterocycles. The molecule has 20 heavy (non-hydrogen) atoms. The van der Waals surface area contributed by atoms with Crippen molar-refractivity contribution < 1.29 is 34.0 Å². The molecule has 0 saturated heterocycles. The molecular formula is C13H20O7. The van der Waals surface area contributed by atoms with Crippen LogP contribution in [-0.4, -0.2) is 61.8 Å². The predicted molar refractivity (Wildman–Crippen MR) is 69.7 cm³/mol. The molecule has 7 nitrogen and oxygen atoms in total. The second-order valence-corrected chi connectivity index (χ2v) is 4.06. The summed E-state index contributed by atoms with van der Waals surface area (Å²) in [6.07, 6.45) is 1.96. The highest BCUT2D eigenvalue weighted by Crippen LogP contribution is 2.19. The number of aliphatic hydroxyl groups excluding tert-OH is 2. The molecule has 7 heteroatoms. The van der Waals surface area contributed by atoms with Gasteiger partial charge in [0, 0.05) is 12.2 Å². The molecule has 0 bridgehead atoms. The zero-order valence-electron chi connectivity index (χ0n) is 11.2. The van der Waals surface area contributed by atoms with E-state index in [1.807, 2.05) is 0 Å². The first kappa shape index (κ1) is 18.3. The monoisotopic (exact) mass is 288 g/mol. The summed E-state index contributed by atoms with van der Waals surface area (Å²) >= 11 is 0. The van der Waals surface area contributed by atoms with E-state index in [4.69, 9.17) is 19.3 Å². The van der Waals surface area contributed by atoms with E-state index in [1.54, 1.807) is 0 Å². The fraction of sp³-hybridized carbons (Fsp3) is 0.538. The average molecular weight is 288 g/mol. The SMILES string of the molecule is C=CC(=O)OCC(CO)(COCCO)COC(=O)C=C. The summed E-state index contributed by atoms with van der Waals surface area (Å²) in [5, 5.41) is 18.1. The fourth-order valence-electron chi connectivity index (χ4n) is 1.18. The normalized spacial score (nSPS) is 10.7. The quantitative estimate of drug-likeness (QED) is 0.298. The zero-order chi connectivity index (χ0) is 15.4. The minimum atomic E-state index is -1.10. The van der Waals surface area contributed by atoms with Crippen LogP contribution >= 0.6 is 0 Å². The van der Waals surface area contributed by atoms with Crippen molar-refractivity contribution >= 4 is 11.9 Å². The minimum absolute atomic E-state index is 0.0482. The van der Waals surface area contributed by atoms with Gasteiger partial charge >= 0.3 is 11.9 Å². The van der Waals surface area contributed by atoms with E-state index in [0.717, 1.165) is 12.2 Å². The number of esters is 2. The maximum atomic E-state index is 11.1. The lowest BCUT2D eigenvalue weighted by Crippen LogP contribution is -2.42. The number of aliphatic hydroxyl groups is 2. The van der Waals surface area contributed by atoms with E-state index in [0.29, 0.717) is 0 Å². The predicted octanol–water partition coefficient (Wildman–Crippen LogP) is -0.568. The molecule has 0 fully saturated rings. The van der Waals surface area contributed by atoms with E-state index in [9.17, 15) is 14.7 Å². The highest BCUT2D eigenvalue weighted by atomic mass is 16.6. The lowest BCUT2D eigenvalue weighted by atomic mass is 9.92. The number of rotatable bonds is 11. The molecule has 0 heterocycles.